The second-order valence-electron chi connectivity index (χ2n) is 8.53. The van der Waals surface area contributed by atoms with Gasteiger partial charge in [-0.25, -0.2) is 13.4 Å². The number of rotatable bonds is 7. The highest BCUT2D eigenvalue weighted by atomic mass is 32.2. The molecule has 36 heavy (non-hydrogen) atoms. The number of thiazole rings is 1. The van der Waals surface area contributed by atoms with Crippen LogP contribution in [0.4, 0.5) is 5.13 Å². The van der Waals surface area contributed by atoms with Gasteiger partial charge in [0.1, 0.15) is 0 Å². The zero-order valence-electron chi connectivity index (χ0n) is 20.0. The monoisotopic (exact) mass is 521 g/mol. The Hall–Kier alpha value is -3.11. The van der Waals surface area contributed by atoms with Gasteiger partial charge in [-0.15, -0.1) is 0 Å². The van der Waals surface area contributed by atoms with Crippen LogP contribution >= 0.6 is 11.3 Å². The Morgan fingerprint density at radius 1 is 1.00 bits per heavy atom. The smallest absolute Gasteiger partial charge is 0.260 e. The molecule has 9 heteroatoms. The summed E-state index contributed by atoms with van der Waals surface area (Å²) >= 11 is 1.48. The molecule has 7 nitrogen and oxygen atoms in total. The van der Waals surface area contributed by atoms with Crippen LogP contribution in [0.2, 0.25) is 0 Å². The number of carbonyl (C=O) groups excluding carboxylic acids is 1. The van der Waals surface area contributed by atoms with Gasteiger partial charge < -0.3 is 4.74 Å². The van der Waals surface area contributed by atoms with E-state index >= 15 is 0 Å². The average molecular weight is 522 g/mol. The molecule has 0 saturated carbocycles. The van der Waals surface area contributed by atoms with Crippen molar-refractivity contribution in [1.29, 1.82) is 0 Å². The zero-order valence-corrected chi connectivity index (χ0v) is 21.6. The van der Waals surface area contributed by atoms with Crippen molar-refractivity contribution in [2.75, 3.05) is 31.2 Å². The molecule has 4 aromatic rings. The number of ether oxygens (including phenoxy) is 1. The fourth-order valence-corrected chi connectivity index (χ4v) is 6.67. The highest BCUT2D eigenvalue weighted by Crippen LogP contribution is 2.33. The Balaban J connectivity index is 1.48. The lowest BCUT2D eigenvalue weighted by Crippen LogP contribution is -2.40. The van der Waals surface area contributed by atoms with Crippen molar-refractivity contribution in [1.82, 2.24) is 9.29 Å². The molecular weight excluding hydrogens is 494 g/mol. The van der Waals surface area contributed by atoms with E-state index < -0.39 is 10.0 Å². The minimum absolute atomic E-state index is 0.170. The predicted molar refractivity (Wildman–Crippen MR) is 142 cm³/mol. The fourth-order valence-electron chi connectivity index (χ4n) is 4.25. The Bertz CT molecular complexity index is 1460. The topological polar surface area (TPSA) is 79.8 Å². The third kappa shape index (κ3) is 4.92. The number of hydrogen-bond donors (Lipinski definition) is 0. The van der Waals surface area contributed by atoms with Gasteiger partial charge in [-0.1, -0.05) is 60.7 Å². The molecule has 0 unspecified atom stereocenters. The number of nitrogens with zero attached hydrogens (tertiary/aromatic N) is 3. The van der Waals surface area contributed by atoms with Gasteiger partial charge in [0.15, 0.2) is 5.13 Å². The summed E-state index contributed by atoms with van der Waals surface area (Å²) in [4.78, 5) is 20.5. The van der Waals surface area contributed by atoms with Crippen LogP contribution in [-0.2, 0) is 27.7 Å². The number of amides is 1. The highest BCUT2D eigenvalue weighted by Gasteiger charge is 2.27. The van der Waals surface area contributed by atoms with Crippen LogP contribution in [0.25, 0.3) is 10.2 Å². The molecule has 1 aromatic heterocycles. The number of hydrogen-bond acceptors (Lipinski definition) is 6. The largest absolute Gasteiger partial charge is 0.379 e. The molecule has 0 spiro atoms. The lowest BCUT2D eigenvalue weighted by molar-refractivity contribution is 0.0730. The molecule has 0 atom stereocenters. The third-order valence-corrected chi connectivity index (χ3v) is 9.20. The fraction of sp³-hybridized carbons (Fsp3) is 0.259. The van der Waals surface area contributed by atoms with Gasteiger partial charge in [-0.05, 0) is 47.9 Å². The van der Waals surface area contributed by atoms with E-state index in [0.717, 1.165) is 27.8 Å². The van der Waals surface area contributed by atoms with Crippen molar-refractivity contribution in [2.45, 2.75) is 24.8 Å². The highest BCUT2D eigenvalue weighted by molar-refractivity contribution is 7.89. The van der Waals surface area contributed by atoms with Gasteiger partial charge in [0, 0.05) is 18.7 Å². The van der Waals surface area contributed by atoms with Crippen molar-refractivity contribution in [3.63, 3.8) is 0 Å². The van der Waals surface area contributed by atoms with Crippen molar-refractivity contribution in [2.24, 2.45) is 0 Å². The van der Waals surface area contributed by atoms with Gasteiger partial charge >= 0.3 is 0 Å². The quantitative estimate of drug-likeness (QED) is 0.351. The van der Waals surface area contributed by atoms with E-state index in [1.54, 1.807) is 17.0 Å². The van der Waals surface area contributed by atoms with Crippen LogP contribution in [0.3, 0.4) is 0 Å². The molecular formula is C27H27N3O4S2. The standard InChI is InChI=1S/C27H27N3O4S2/c1-2-21-9-6-10-24-25(21)28-27(35-24)30(19-20-7-4-3-5-8-20)26(31)22-11-13-23(14-12-22)36(32,33)29-15-17-34-18-16-29/h3-14H,2,15-19H2,1H3. The van der Waals surface area contributed by atoms with Crippen molar-refractivity contribution in [3.8, 4) is 0 Å². The first-order valence-corrected chi connectivity index (χ1v) is 14.1. The van der Waals surface area contributed by atoms with E-state index in [1.165, 1.54) is 27.8 Å². The number of carbonyl (C=O) groups is 1. The molecule has 0 aliphatic carbocycles. The molecule has 0 bridgehead atoms. The van der Waals surface area contributed by atoms with Crippen LogP contribution in [-0.4, -0.2) is 49.9 Å². The van der Waals surface area contributed by atoms with E-state index in [-0.39, 0.29) is 10.8 Å². The summed E-state index contributed by atoms with van der Waals surface area (Å²) < 4.78 is 33.7. The van der Waals surface area contributed by atoms with Crippen LogP contribution in [0, 0.1) is 0 Å². The maximum absolute atomic E-state index is 13.8. The first-order valence-electron chi connectivity index (χ1n) is 11.9. The van der Waals surface area contributed by atoms with Gasteiger partial charge in [0.25, 0.3) is 5.91 Å². The lowest BCUT2D eigenvalue weighted by atomic mass is 10.1. The summed E-state index contributed by atoms with van der Waals surface area (Å²) in [7, 11) is -3.63. The van der Waals surface area contributed by atoms with Gasteiger partial charge in [0.05, 0.1) is 34.9 Å². The molecule has 0 radical (unpaired) electrons. The summed E-state index contributed by atoms with van der Waals surface area (Å²) in [6, 6.07) is 22.0. The number of aryl methyl sites for hydroxylation is 1. The Morgan fingerprint density at radius 3 is 2.42 bits per heavy atom. The zero-order chi connectivity index (χ0) is 25.1. The molecule has 3 aromatic carbocycles. The summed E-state index contributed by atoms with van der Waals surface area (Å²) in [5, 5.41) is 0.616. The van der Waals surface area contributed by atoms with Gasteiger partial charge in [-0.3, -0.25) is 9.69 Å². The molecule has 0 N–H and O–H groups in total. The number of benzene rings is 3. The van der Waals surface area contributed by atoms with Crippen molar-refractivity contribution in [3.05, 3.63) is 89.5 Å². The normalized spacial score (nSPS) is 14.7. The van der Waals surface area contributed by atoms with E-state index in [2.05, 4.69) is 13.0 Å². The third-order valence-electron chi connectivity index (χ3n) is 6.24. The number of morpholine rings is 1. The molecule has 2 heterocycles. The van der Waals surface area contributed by atoms with Crippen molar-refractivity contribution < 1.29 is 17.9 Å². The van der Waals surface area contributed by atoms with Crippen LogP contribution in [0.1, 0.15) is 28.4 Å². The molecule has 186 valence electrons. The average Bonchev–Trinajstić information content (AvgIpc) is 3.37. The molecule has 1 aliphatic heterocycles. The summed E-state index contributed by atoms with van der Waals surface area (Å²) in [6.45, 7) is 3.86. The Labute approximate surface area is 215 Å². The maximum atomic E-state index is 13.8. The van der Waals surface area contributed by atoms with Crippen LogP contribution < -0.4 is 4.90 Å². The van der Waals surface area contributed by atoms with E-state index in [9.17, 15) is 13.2 Å². The maximum Gasteiger partial charge on any atom is 0.260 e. The first-order chi connectivity index (χ1) is 17.5. The second kappa shape index (κ2) is 10.5. The van der Waals surface area contributed by atoms with Gasteiger partial charge in [-0.2, -0.15) is 4.31 Å². The van der Waals surface area contributed by atoms with Crippen molar-refractivity contribution >= 4 is 42.6 Å². The van der Waals surface area contributed by atoms with E-state index in [0.29, 0.717) is 43.5 Å². The number of para-hydroxylation sites is 1. The summed E-state index contributed by atoms with van der Waals surface area (Å²) in [5.41, 5.74) is 3.44. The second-order valence-corrected chi connectivity index (χ2v) is 11.5. The first kappa shape index (κ1) is 24.6. The lowest BCUT2D eigenvalue weighted by Gasteiger charge is -2.26. The molecule has 1 amide bonds. The van der Waals surface area contributed by atoms with Gasteiger partial charge in [0.2, 0.25) is 10.0 Å². The molecule has 5 rings (SSSR count). The molecule has 1 fully saturated rings. The summed E-state index contributed by atoms with van der Waals surface area (Å²) in [5.74, 6) is -0.230. The molecule has 1 saturated heterocycles. The number of sulfonamides is 1. The Morgan fingerprint density at radius 2 is 1.72 bits per heavy atom. The van der Waals surface area contributed by atoms with E-state index in [1.807, 2.05) is 42.5 Å². The number of aromatic nitrogens is 1. The Kier molecular flexibility index (Phi) is 7.15. The predicted octanol–water partition coefficient (Wildman–Crippen LogP) is 4.73. The minimum atomic E-state index is -3.63. The minimum Gasteiger partial charge on any atom is -0.379 e. The summed E-state index contributed by atoms with van der Waals surface area (Å²) in [6.07, 6.45) is 0.853. The van der Waals surface area contributed by atoms with E-state index in [4.69, 9.17) is 9.72 Å². The number of anilines is 1. The number of fused-ring (bicyclic) bond motifs is 1. The van der Waals surface area contributed by atoms with Crippen LogP contribution in [0.5, 0.6) is 0 Å². The molecule has 1 aliphatic rings. The van der Waals surface area contributed by atoms with Crippen LogP contribution in [0.15, 0.2) is 77.7 Å². The SMILES string of the molecule is CCc1cccc2sc(N(Cc3ccccc3)C(=O)c3ccc(S(=O)(=O)N4CCOCC4)cc3)nc12.